The number of hydrogen-bond donors (Lipinski definition) is 0. The summed E-state index contributed by atoms with van der Waals surface area (Å²) in [4.78, 5) is 20.0. The molecule has 2 heterocycles. The number of aryl methyl sites for hydroxylation is 1. The van der Waals surface area contributed by atoms with Gasteiger partial charge in [-0.3, -0.25) is 9.36 Å². The van der Waals surface area contributed by atoms with E-state index in [0.717, 1.165) is 52.1 Å². The number of ether oxygens (including phenoxy) is 3. The van der Waals surface area contributed by atoms with Gasteiger partial charge in [0.25, 0.3) is 5.56 Å². The molecular weight excluding hydrogens is 707 g/mol. The number of fused-ring (bicyclic) bond motifs is 3. The number of aromatic nitrogens is 1. The van der Waals surface area contributed by atoms with Crippen molar-refractivity contribution in [3.8, 4) is 17.2 Å². The topological polar surface area (TPSA) is 62.0 Å². The number of hydrogen-bond acceptors (Lipinski definition) is 6. The maximum Gasteiger partial charge on any atom is 0.271 e. The van der Waals surface area contributed by atoms with Crippen LogP contribution in [0.5, 0.6) is 17.2 Å². The van der Waals surface area contributed by atoms with E-state index in [9.17, 15) is 4.79 Å². The molecular formula is C36H27BrCl2N2O4S. The minimum absolute atomic E-state index is 0.102. The molecule has 2 aliphatic rings. The van der Waals surface area contributed by atoms with Gasteiger partial charge >= 0.3 is 0 Å². The van der Waals surface area contributed by atoms with Gasteiger partial charge in [-0.2, -0.15) is 0 Å². The molecule has 0 unspecified atom stereocenters. The van der Waals surface area contributed by atoms with Crippen molar-refractivity contribution in [1.82, 2.24) is 4.57 Å². The lowest BCUT2D eigenvalue weighted by Crippen LogP contribution is -2.38. The highest BCUT2D eigenvalue weighted by atomic mass is 79.9. The number of allylic oxidation sites excluding steroid dienone is 1. The van der Waals surface area contributed by atoms with Gasteiger partial charge in [-0.1, -0.05) is 77.0 Å². The minimum atomic E-state index is -0.298. The third-order valence-corrected chi connectivity index (χ3v) is 10.4. The Morgan fingerprint density at radius 1 is 1.00 bits per heavy atom. The summed E-state index contributed by atoms with van der Waals surface area (Å²) in [5.74, 6) is 1.78. The van der Waals surface area contributed by atoms with Gasteiger partial charge in [0.1, 0.15) is 12.4 Å². The second kappa shape index (κ2) is 12.8. The van der Waals surface area contributed by atoms with Crippen molar-refractivity contribution in [3.05, 3.63) is 146 Å². The number of methoxy groups -OCH3 is 2. The number of benzene rings is 4. The summed E-state index contributed by atoms with van der Waals surface area (Å²) >= 11 is 17.4. The molecule has 0 fully saturated rings. The molecule has 4 aromatic carbocycles. The highest BCUT2D eigenvalue weighted by molar-refractivity contribution is 9.10. The smallest absolute Gasteiger partial charge is 0.271 e. The molecule has 0 spiro atoms. The van der Waals surface area contributed by atoms with E-state index in [2.05, 4.69) is 40.2 Å². The molecule has 1 atom stereocenters. The van der Waals surface area contributed by atoms with Gasteiger partial charge in [-0.15, -0.1) is 0 Å². The molecule has 46 heavy (non-hydrogen) atoms. The molecule has 0 radical (unpaired) electrons. The third-order valence-electron chi connectivity index (χ3n) is 8.22. The zero-order valence-corrected chi connectivity index (χ0v) is 28.8. The first-order chi connectivity index (χ1) is 22.3. The van der Waals surface area contributed by atoms with Gasteiger partial charge in [0.15, 0.2) is 16.3 Å². The minimum Gasteiger partial charge on any atom is -0.497 e. The van der Waals surface area contributed by atoms with Crippen molar-refractivity contribution in [1.29, 1.82) is 0 Å². The second-order valence-electron chi connectivity index (χ2n) is 10.9. The van der Waals surface area contributed by atoms with Crippen LogP contribution in [0, 0.1) is 0 Å². The highest BCUT2D eigenvalue weighted by Gasteiger charge is 2.32. The number of thiazole rings is 1. The van der Waals surface area contributed by atoms with Crippen LogP contribution in [-0.2, 0) is 13.0 Å². The molecule has 0 N–H and O–H groups in total. The van der Waals surface area contributed by atoms with Gasteiger partial charge in [-0.05, 0) is 93.5 Å². The van der Waals surface area contributed by atoms with Crippen LogP contribution in [0.15, 0.2) is 98.7 Å². The quantitative estimate of drug-likeness (QED) is 0.170. The van der Waals surface area contributed by atoms with Crippen LogP contribution < -0.4 is 29.1 Å². The van der Waals surface area contributed by atoms with Crippen LogP contribution in [0.2, 0.25) is 10.0 Å². The molecule has 0 bridgehead atoms. The maximum absolute atomic E-state index is 14.2. The van der Waals surface area contributed by atoms with E-state index in [1.807, 2.05) is 53.1 Å². The molecule has 1 aromatic heterocycles. The summed E-state index contributed by atoms with van der Waals surface area (Å²) < 4.78 is 20.5. The lowest BCUT2D eigenvalue weighted by atomic mass is 9.83. The molecule has 7 rings (SSSR count). The van der Waals surface area contributed by atoms with Crippen molar-refractivity contribution in [2.75, 3.05) is 14.2 Å². The second-order valence-corrected chi connectivity index (χ2v) is 13.7. The van der Waals surface area contributed by atoms with E-state index in [4.69, 9.17) is 42.4 Å². The Bertz CT molecular complexity index is 2230. The Kier molecular flexibility index (Phi) is 8.55. The number of nitrogens with zero attached hydrogens (tertiary/aromatic N) is 2. The first-order valence-corrected chi connectivity index (χ1v) is 16.9. The molecule has 1 aliphatic heterocycles. The van der Waals surface area contributed by atoms with E-state index >= 15 is 0 Å². The summed E-state index contributed by atoms with van der Waals surface area (Å²) in [5.41, 5.74) is 6.94. The predicted octanol–water partition coefficient (Wildman–Crippen LogP) is 7.98. The monoisotopic (exact) mass is 732 g/mol. The Balaban J connectivity index is 1.32. The molecule has 0 saturated carbocycles. The van der Waals surface area contributed by atoms with Crippen LogP contribution in [0.1, 0.15) is 40.3 Å². The van der Waals surface area contributed by atoms with Gasteiger partial charge in [0.2, 0.25) is 0 Å². The average Bonchev–Trinajstić information content (AvgIpc) is 3.37. The van der Waals surface area contributed by atoms with Crippen molar-refractivity contribution >= 4 is 62.2 Å². The molecule has 5 aromatic rings. The predicted molar refractivity (Wildman–Crippen MR) is 187 cm³/mol. The standard InChI is InChI=1S/C36H27BrCl2N2O4S/c1-43-25-8-5-7-22(17-25)33-27-13-11-21-6-3-4-9-26(21)32(27)40-36-41(33)35(42)31(46-36)16-20-14-28(37)34(30(15-20)44-2)45-19-23-10-12-24(38)18-29(23)39/h3-10,12,14-18,33H,11,13,19H2,1-2H3/b31-16+/t33-/m1/s1. The SMILES string of the molecule is COc1cccc([C@@H]2C3=C(N=c4s/c(=C/c5cc(Br)c(OCc6ccc(Cl)cc6Cl)c(OC)c5)c(=O)n42)c2ccccc2CC3)c1. The van der Waals surface area contributed by atoms with E-state index in [1.54, 1.807) is 26.4 Å². The summed E-state index contributed by atoms with van der Waals surface area (Å²) in [7, 11) is 3.24. The lowest BCUT2D eigenvalue weighted by molar-refractivity contribution is 0.282. The fourth-order valence-corrected chi connectivity index (χ4v) is 8.08. The Hall–Kier alpha value is -3.82. The molecule has 232 valence electrons. The Morgan fingerprint density at radius 3 is 2.65 bits per heavy atom. The Labute approximate surface area is 287 Å². The van der Waals surface area contributed by atoms with Gasteiger partial charge < -0.3 is 14.2 Å². The molecule has 10 heteroatoms. The Morgan fingerprint density at radius 2 is 1.85 bits per heavy atom. The van der Waals surface area contributed by atoms with Crippen LogP contribution in [0.4, 0.5) is 0 Å². The van der Waals surface area contributed by atoms with Crippen LogP contribution in [0.25, 0.3) is 11.8 Å². The number of halogens is 3. The van der Waals surface area contributed by atoms with Crippen molar-refractivity contribution in [2.45, 2.75) is 25.5 Å². The summed E-state index contributed by atoms with van der Waals surface area (Å²) in [6.07, 6.45) is 3.58. The molecule has 6 nitrogen and oxygen atoms in total. The zero-order chi connectivity index (χ0) is 31.9. The largest absolute Gasteiger partial charge is 0.497 e. The molecule has 0 saturated heterocycles. The fraction of sp³-hybridized carbons (Fsp3) is 0.167. The summed E-state index contributed by atoms with van der Waals surface area (Å²) in [5, 5.41) is 1.08. The van der Waals surface area contributed by atoms with E-state index < -0.39 is 0 Å². The lowest BCUT2D eigenvalue weighted by Gasteiger charge is -2.31. The summed E-state index contributed by atoms with van der Waals surface area (Å²) in [6, 6.07) is 25.1. The zero-order valence-electron chi connectivity index (χ0n) is 24.9. The van der Waals surface area contributed by atoms with Crippen LogP contribution in [-0.4, -0.2) is 18.8 Å². The first-order valence-electron chi connectivity index (χ1n) is 14.6. The van der Waals surface area contributed by atoms with Gasteiger partial charge in [0.05, 0.1) is 35.0 Å². The van der Waals surface area contributed by atoms with Crippen molar-refractivity contribution in [3.63, 3.8) is 0 Å². The van der Waals surface area contributed by atoms with Crippen LogP contribution >= 0.6 is 50.5 Å². The van der Waals surface area contributed by atoms with E-state index in [1.165, 1.54) is 16.9 Å². The normalized spacial score (nSPS) is 15.5. The molecule has 1 aliphatic carbocycles. The van der Waals surface area contributed by atoms with Crippen molar-refractivity contribution < 1.29 is 14.2 Å². The number of rotatable bonds is 7. The van der Waals surface area contributed by atoms with Crippen molar-refractivity contribution in [2.24, 2.45) is 4.99 Å². The van der Waals surface area contributed by atoms with Gasteiger partial charge in [0, 0.05) is 21.2 Å². The van der Waals surface area contributed by atoms with Gasteiger partial charge in [-0.25, -0.2) is 4.99 Å². The van der Waals surface area contributed by atoms with Crippen LogP contribution in [0.3, 0.4) is 0 Å². The van der Waals surface area contributed by atoms with E-state index in [0.29, 0.717) is 35.4 Å². The van der Waals surface area contributed by atoms with E-state index in [-0.39, 0.29) is 18.2 Å². The molecule has 0 amide bonds. The maximum atomic E-state index is 14.2. The summed E-state index contributed by atoms with van der Waals surface area (Å²) in [6.45, 7) is 0.223. The fourth-order valence-electron chi connectivity index (χ4n) is 6.04. The third kappa shape index (κ3) is 5.68. The average molecular weight is 734 g/mol. The first kappa shape index (κ1) is 30.8. The highest BCUT2D eigenvalue weighted by Crippen LogP contribution is 2.42.